The molecule has 0 radical (unpaired) electrons. The summed E-state index contributed by atoms with van der Waals surface area (Å²) in [5, 5.41) is -0.175. The Kier molecular flexibility index (Phi) is 4.63. The first kappa shape index (κ1) is 19.5. The Morgan fingerprint density at radius 3 is 2.38 bits per heavy atom. The van der Waals surface area contributed by atoms with E-state index in [-0.39, 0.29) is 5.41 Å². The maximum absolute atomic E-state index is 13.0. The minimum atomic E-state index is -4.07. The number of carbonyl (C=O) groups excluding carboxylic acids is 2. The smallest absolute Gasteiger partial charge is 0.272 e. The standard InChI is InChI=1S/C19H29NO5S/c1-6-7-8-14-12(2)16(21)20(17(14)22)25-26(23,24)15-11-13-9-10-19(15,5)18(13,3)4/h6-7,12-15H,8-11H2,1-5H3. The van der Waals surface area contributed by atoms with Gasteiger partial charge in [-0.15, -0.1) is 9.35 Å². The van der Waals surface area contributed by atoms with Crippen molar-refractivity contribution >= 4 is 21.9 Å². The van der Waals surface area contributed by atoms with Gasteiger partial charge in [-0.3, -0.25) is 9.59 Å². The van der Waals surface area contributed by atoms with E-state index in [4.69, 9.17) is 4.28 Å². The minimum absolute atomic E-state index is 0.102. The molecule has 1 saturated heterocycles. The molecular weight excluding hydrogens is 354 g/mol. The summed E-state index contributed by atoms with van der Waals surface area (Å²) >= 11 is 0. The Morgan fingerprint density at radius 1 is 1.23 bits per heavy atom. The van der Waals surface area contributed by atoms with Crippen LogP contribution in [0.5, 0.6) is 0 Å². The third-order valence-electron chi connectivity index (χ3n) is 7.58. The molecule has 6 nitrogen and oxygen atoms in total. The van der Waals surface area contributed by atoms with Crippen LogP contribution in [0.2, 0.25) is 0 Å². The minimum Gasteiger partial charge on any atom is -0.272 e. The molecule has 3 fully saturated rings. The summed E-state index contributed by atoms with van der Waals surface area (Å²) in [6, 6.07) is 0. The number of nitrogens with zero attached hydrogens (tertiary/aromatic N) is 1. The Bertz CT molecular complexity index is 756. The SMILES string of the molecule is CC=CCC1C(=O)N(OS(=O)(=O)C2CC3CCC2(C)C3(C)C)C(=O)C1C. The van der Waals surface area contributed by atoms with Crippen molar-refractivity contribution in [2.45, 2.75) is 65.6 Å². The summed E-state index contributed by atoms with van der Waals surface area (Å²) in [5.74, 6) is -1.96. The molecule has 146 valence electrons. The summed E-state index contributed by atoms with van der Waals surface area (Å²) in [5.41, 5.74) is -0.507. The zero-order chi connectivity index (χ0) is 19.5. The average Bonchev–Trinajstić information content (AvgIpc) is 3.00. The van der Waals surface area contributed by atoms with E-state index in [1.54, 1.807) is 6.92 Å². The van der Waals surface area contributed by atoms with Gasteiger partial charge in [0, 0.05) is 0 Å². The lowest BCUT2D eigenvalue weighted by atomic mass is 9.71. The second-order valence-electron chi connectivity index (χ2n) is 8.84. The topological polar surface area (TPSA) is 80.8 Å². The van der Waals surface area contributed by atoms with Gasteiger partial charge in [0.1, 0.15) is 0 Å². The first-order valence-corrected chi connectivity index (χ1v) is 10.9. The maximum Gasteiger partial charge on any atom is 0.292 e. The third-order valence-corrected chi connectivity index (χ3v) is 9.34. The van der Waals surface area contributed by atoms with Crippen LogP contribution < -0.4 is 0 Å². The highest BCUT2D eigenvalue weighted by atomic mass is 32.2. The highest BCUT2D eigenvalue weighted by molar-refractivity contribution is 7.87. The van der Waals surface area contributed by atoms with E-state index < -0.39 is 44.4 Å². The Balaban J connectivity index is 1.83. The molecule has 5 unspecified atom stereocenters. The molecule has 3 aliphatic rings. The van der Waals surface area contributed by atoms with Gasteiger partial charge >= 0.3 is 0 Å². The number of rotatable bonds is 5. The average molecular weight is 384 g/mol. The molecule has 1 heterocycles. The first-order chi connectivity index (χ1) is 12.0. The van der Waals surface area contributed by atoms with E-state index in [1.807, 2.05) is 26.0 Å². The van der Waals surface area contributed by atoms with Gasteiger partial charge in [-0.2, -0.15) is 8.42 Å². The van der Waals surface area contributed by atoms with Crippen LogP contribution in [0.3, 0.4) is 0 Å². The van der Waals surface area contributed by atoms with Crippen LogP contribution in [-0.2, 0) is 24.0 Å². The number of hydrogen-bond donors (Lipinski definition) is 0. The number of allylic oxidation sites excluding steroid dienone is 2. The van der Waals surface area contributed by atoms with Gasteiger partial charge < -0.3 is 0 Å². The van der Waals surface area contributed by atoms with Gasteiger partial charge in [0.25, 0.3) is 21.9 Å². The zero-order valence-corrected chi connectivity index (χ0v) is 17.0. The van der Waals surface area contributed by atoms with Crippen molar-refractivity contribution < 1.29 is 22.3 Å². The Labute approximate surface area is 156 Å². The molecule has 0 aromatic rings. The molecule has 2 amide bonds. The number of amides is 2. The van der Waals surface area contributed by atoms with Crippen LogP contribution in [0.15, 0.2) is 12.2 Å². The van der Waals surface area contributed by atoms with Crippen molar-refractivity contribution in [1.29, 1.82) is 0 Å². The highest BCUT2D eigenvalue weighted by Gasteiger charge is 2.66. The van der Waals surface area contributed by atoms with Crippen LogP contribution in [0.1, 0.15) is 60.3 Å². The Hall–Kier alpha value is -1.21. The van der Waals surface area contributed by atoms with Crippen molar-refractivity contribution in [3.05, 3.63) is 12.2 Å². The van der Waals surface area contributed by atoms with E-state index in [1.165, 1.54) is 0 Å². The molecule has 0 N–H and O–H groups in total. The molecule has 26 heavy (non-hydrogen) atoms. The number of fused-ring (bicyclic) bond motifs is 2. The summed E-state index contributed by atoms with van der Waals surface area (Å²) in [6.07, 6.45) is 6.38. The summed E-state index contributed by atoms with van der Waals surface area (Å²) < 4.78 is 31.2. The van der Waals surface area contributed by atoms with Crippen LogP contribution in [0, 0.1) is 28.6 Å². The van der Waals surface area contributed by atoms with E-state index in [0.717, 1.165) is 12.8 Å². The first-order valence-electron chi connectivity index (χ1n) is 9.39. The number of hydroxylamine groups is 2. The predicted octanol–water partition coefficient (Wildman–Crippen LogP) is 3.05. The zero-order valence-electron chi connectivity index (χ0n) is 16.2. The van der Waals surface area contributed by atoms with Crippen LogP contribution in [0.25, 0.3) is 0 Å². The molecule has 1 aliphatic heterocycles. The van der Waals surface area contributed by atoms with Gasteiger partial charge in [-0.05, 0) is 49.4 Å². The molecule has 2 bridgehead atoms. The van der Waals surface area contributed by atoms with Gasteiger partial charge in [0.2, 0.25) is 0 Å². The molecule has 5 atom stereocenters. The lowest BCUT2D eigenvalue weighted by molar-refractivity contribution is -0.165. The van der Waals surface area contributed by atoms with Crippen molar-refractivity contribution in [3.8, 4) is 0 Å². The van der Waals surface area contributed by atoms with Crippen LogP contribution >= 0.6 is 0 Å². The molecule has 3 rings (SSSR count). The van der Waals surface area contributed by atoms with Crippen molar-refractivity contribution in [2.24, 2.45) is 28.6 Å². The lowest BCUT2D eigenvalue weighted by Gasteiger charge is -2.38. The van der Waals surface area contributed by atoms with E-state index in [9.17, 15) is 18.0 Å². The highest BCUT2D eigenvalue weighted by Crippen LogP contribution is 2.67. The molecule has 2 aliphatic carbocycles. The van der Waals surface area contributed by atoms with E-state index in [2.05, 4.69) is 13.8 Å². The third kappa shape index (κ3) is 2.58. The molecule has 2 saturated carbocycles. The van der Waals surface area contributed by atoms with Gasteiger partial charge in [-0.25, -0.2) is 0 Å². The maximum atomic E-state index is 13.0. The Morgan fingerprint density at radius 2 is 1.88 bits per heavy atom. The fraction of sp³-hybridized carbons (Fsp3) is 0.789. The van der Waals surface area contributed by atoms with Crippen molar-refractivity contribution in [2.75, 3.05) is 0 Å². The fourth-order valence-electron chi connectivity index (χ4n) is 5.21. The van der Waals surface area contributed by atoms with Crippen molar-refractivity contribution in [3.63, 3.8) is 0 Å². The number of carbonyl (C=O) groups is 2. The van der Waals surface area contributed by atoms with Crippen LogP contribution in [0.4, 0.5) is 0 Å². The van der Waals surface area contributed by atoms with E-state index in [0.29, 0.717) is 23.8 Å². The quantitative estimate of drug-likeness (QED) is 0.538. The largest absolute Gasteiger partial charge is 0.292 e. The normalized spacial score (nSPS) is 39.5. The van der Waals surface area contributed by atoms with Gasteiger partial charge in [-0.1, -0.05) is 39.8 Å². The number of hydrogen-bond acceptors (Lipinski definition) is 5. The molecule has 0 aromatic carbocycles. The second kappa shape index (κ2) is 6.16. The second-order valence-corrected chi connectivity index (χ2v) is 10.5. The fourth-order valence-corrected chi connectivity index (χ4v) is 7.20. The summed E-state index contributed by atoms with van der Waals surface area (Å²) in [4.78, 5) is 25.0. The summed E-state index contributed by atoms with van der Waals surface area (Å²) in [7, 11) is -4.07. The van der Waals surface area contributed by atoms with Gasteiger partial charge in [0.15, 0.2) is 0 Å². The molecular formula is C19H29NO5S. The van der Waals surface area contributed by atoms with Crippen molar-refractivity contribution in [1.82, 2.24) is 5.06 Å². The number of imide groups is 1. The monoisotopic (exact) mass is 383 g/mol. The summed E-state index contributed by atoms with van der Waals surface area (Å²) in [6.45, 7) is 9.70. The van der Waals surface area contributed by atoms with Gasteiger partial charge in [0.05, 0.1) is 17.1 Å². The molecule has 7 heteroatoms. The predicted molar refractivity (Wildman–Crippen MR) is 97.0 cm³/mol. The molecule has 0 aromatic heterocycles. The lowest BCUT2D eigenvalue weighted by Crippen LogP contribution is -2.44. The van der Waals surface area contributed by atoms with E-state index >= 15 is 0 Å². The van der Waals surface area contributed by atoms with Crippen LogP contribution in [-0.4, -0.2) is 30.5 Å². The molecule has 0 spiro atoms.